The van der Waals surface area contributed by atoms with E-state index in [1.165, 1.54) is 5.56 Å². The Bertz CT molecular complexity index is 837. The van der Waals surface area contributed by atoms with E-state index in [1.54, 1.807) is 18.6 Å². The van der Waals surface area contributed by atoms with Crippen LogP contribution in [-0.4, -0.2) is 29.5 Å². The van der Waals surface area contributed by atoms with Crippen molar-refractivity contribution in [3.63, 3.8) is 0 Å². The monoisotopic (exact) mass is 346 g/mol. The van der Waals surface area contributed by atoms with E-state index in [0.717, 1.165) is 24.2 Å². The molecular formula is C21H22N4O. The maximum absolute atomic E-state index is 12.4. The van der Waals surface area contributed by atoms with Crippen molar-refractivity contribution in [1.82, 2.24) is 15.3 Å². The summed E-state index contributed by atoms with van der Waals surface area (Å²) in [5.74, 6) is -0.168. The molecule has 132 valence electrons. The average molecular weight is 346 g/mol. The standard InChI is InChI=1S/C21H22N4O/c1-25(14-10-17-7-11-22-12-8-17)19-9-13-23-20(15-19)21(26)24-16-18-5-3-2-4-6-18/h2-9,11-13,15H,10,14,16H2,1H3,(H,24,26). The SMILES string of the molecule is CN(CCc1ccncc1)c1ccnc(C(=O)NCc2ccccc2)c1. The molecule has 1 aromatic carbocycles. The number of nitrogens with zero attached hydrogens (tertiary/aromatic N) is 3. The summed E-state index contributed by atoms with van der Waals surface area (Å²) in [6, 6.07) is 17.6. The predicted octanol–water partition coefficient (Wildman–Crippen LogP) is 3.09. The third-order valence-corrected chi connectivity index (χ3v) is 4.20. The zero-order chi connectivity index (χ0) is 18.2. The first-order valence-electron chi connectivity index (χ1n) is 8.60. The van der Waals surface area contributed by atoms with Crippen molar-refractivity contribution < 1.29 is 4.79 Å². The van der Waals surface area contributed by atoms with Crippen molar-refractivity contribution in [3.8, 4) is 0 Å². The number of benzene rings is 1. The first-order chi connectivity index (χ1) is 12.7. The van der Waals surface area contributed by atoms with Crippen molar-refractivity contribution in [1.29, 1.82) is 0 Å². The van der Waals surface area contributed by atoms with Gasteiger partial charge in [0.05, 0.1) is 0 Å². The number of rotatable bonds is 7. The lowest BCUT2D eigenvalue weighted by molar-refractivity contribution is 0.0946. The Morgan fingerprint density at radius 2 is 1.77 bits per heavy atom. The lowest BCUT2D eigenvalue weighted by Crippen LogP contribution is -2.25. The molecule has 0 aliphatic heterocycles. The Hall–Kier alpha value is -3.21. The normalized spacial score (nSPS) is 10.3. The minimum Gasteiger partial charge on any atom is -0.374 e. The molecule has 26 heavy (non-hydrogen) atoms. The lowest BCUT2D eigenvalue weighted by atomic mass is 10.2. The minimum absolute atomic E-state index is 0.168. The number of nitrogens with one attached hydrogen (secondary N) is 1. The van der Waals surface area contributed by atoms with Crippen LogP contribution in [0.3, 0.4) is 0 Å². The van der Waals surface area contributed by atoms with E-state index >= 15 is 0 Å². The van der Waals surface area contributed by atoms with Gasteiger partial charge in [-0.05, 0) is 41.8 Å². The summed E-state index contributed by atoms with van der Waals surface area (Å²) in [4.78, 5) is 22.7. The van der Waals surface area contributed by atoms with E-state index < -0.39 is 0 Å². The molecule has 2 heterocycles. The number of amides is 1. The molecule has 0 spiro atoms. The first kappa shape index (κ1) is 17.6. The number of carbonyl (C=O) groups excluding carboxylic acids is 1. The summed E-state index contributed by atoms with van der Waals surface area (Å²) in [5.41, 5.74) is 3.70. The van der Waals surface area contributed by atoms with Crippen LogP contribution in [0.15, 0.2) is 73.2 Å². The topological polar surface area (TPSA) is 58.1 Å². The molecule has 0 saturated carbocycles. The maximum Gasteiger partial charge on any atom is 0.270 e. The summed E-state index contributed by atoms with van der Waals surface area (Å²) in [5, 5.41) is 2.91. The Morgan fingerprint density at radius 3 is 2.54 bits per heavy atom. The molecule has 0 aliphatic rings. The molecule has 0 saturated heterocycles. The largest absolute Gasteiger partial charge is 0.374 e. The third kappa shape index (κ3) is 4.89. The van der Waals surface area contributed by atoms with Crippen LogP contribution in [0.1, 0.15) is 21.6 Å². The second-order valence-corrected chi connectivity index (χ2v) is 6.09. The van der Waals surface area contributed by atoms with Crippen molar-refractivity contribution in [2.24, 2.45) is 0 Å². The van der Waals surface area contributed by atoms with Crippen LogP contribution in [0.25, 0.3) is 0 Å². The van der Waals surface area contributed by atoms with Crippen LogP contribution >= 0.6 is 0 Å². The molecule has 0 aliphatic carbocycles. The van der Waals surface area contributed by atoms with Gasteiger partial charge in [-0.15, -0.1) is 0 Å². The molecule has 0 bridgehead atoms. The predicted molar refractivity (Wildman–Crippen MR) is 103 cm³/mol. The van der Waals surface area contributed by atoms with E-state index in [4.69, 9.17) is 0 Å². The van der Waals surface area contributed by atoms with Crippen molar-refractivity contribution in [2.45, 2.75) is 13.0 Å². The van der Waals surface area contributed by atoms with Gasteiger partial charge in [0.15, 0.2) is 0 Å². The molecule has 5 heteroatoms. The van der Waals surface area contributed by atoms with Gasteiger partial charge < -0.3 is 10.2 Å². The number of hydrogen-bond donors (Lipinski definition) is 1. The third-order valence-electron chi connectivity index (χ3n) is 4.20. The Balaban J connectivity index is 1.59. The van der Waals surface area contributed by atoms with E-state index in [-0.39, 0.29) is 5.91 Å². The molecule has 3 aromatic rings. The maximum atomic E-state index is 12.4. The number of carbonyl (C=O) groups is 1. The summed E-state index contributed by atoms with van der Waals surface area (Å²) in [7, 11) is 2.02. The van der Waals surface area contributed by atoms with Gasteiger partial charge in [0.2, 0.25) is 0 Å². The molecule has 0 fully saturated rings. The van der Waals surface area contributed by atoms with Crippen LogP contribution in [0.5, 0.6) is 0 Å². The fraction of sp³-hybridized carbons (Fsp3) is 0.190. The second-order valence-electron chi connectivity index (χ2n) is 6.09. The highest BCUT2D eigenvalue weighted by molar-refractivity contribution is 5.93. The van der Waals surface area contributed by atoms with Gasteiger partial charge in [-0.2, -0.15) is 0 Å². The second kappa shape index (κ2) is 8.76. The molecule has 1 amide bonds. The highest BCUT2D eigenvalue weighted by Crippen LogP contribution is 2.14. The van der Waals surface area contributed by atoms with Crippen LogP contribution in [-0.2, 0) is 13.0 Å². The van der Waals surface area contributed by atoms with Gasteiger partial charge in [-0.25, -0.2) is 0 Å². The highest BCUT2D eigenvalue weighted by Gasteiger charge is 2.10. The molecule has 3 rings (SSSR count). The zero-order valence-electron chi connectivity index (χ0n) is 14.8. The molecular weight excluding hydrogens is 324 g/mol. The van der Waals surface area contributed by atoms with Crippen LogP contribution in [0.2, 0.25) is 0 Å². The van der Waals surface area contributed by atoms with Gasteiger partial charge in [0.25, 0.3) is 5.91 Å². The summed E-state index contributed by atoms with van der Waals surface area (Å²) in [6.45, 7) is 1.34. The van der Waals surface area contributed by atoms with Gasteiger partial charge in [0.1, 0.15) is 5.69 Å². The van der Waals surface area contributed by atoms with E-state index in [0.29, 0.717) is 12.2 Å². The van der Waals surface area contributed by atoms with Gasteiger partial charge >= 0.3 is 0 Å². The number of likely N-dealkylation sites (N-methyl/N-ethyl adjacent to an activating group) is 1. The minimum atomic E-state index is -0.168. The fourth-order valence-corrected chi connectivity index (χ4v) is 2.63. The number of anilines is 1. The molecule has 0 radical (unpaired) electrons. The molecule has 0 atom stereocenters. The molecule has 5 nitrogen and oxygen atoms in total. The van der Waals surface area contributed by atoms with Gasteiger partial charge in [-0.1, -0.05) is 30.3 Å². The Morgan fingerprint density at radius 1 is 1.00 bits per heavy atom. The van der Waals surface area contributed by atoms with Crippen LogP contribution in [0, 0.1) is 0 Å². The quantitative estimate of drug-likeness (QED) is 0.714. The molecule has 2 aromatic heterocycles. The summed E-state index contributed by atoms with van der Waals surface area (Å²) >= 11 is 0. The van der Waals surface area contributed by atoms with E-state index in [9.17, 15) is 4.79 Å². The van der Waals surface area contributed by atoms with Crippen molar-refractivity contribution in [3.05, 3.63) is 90.0 Å². The van der Waals surface area contributed by atoms with Crippen LogP contribution < -0.4 is 10.2 Å². The highest BCUT2D eigenvalue weighted by atomic mass is 16.1. The van der Waals surface area contributed by atoms with Gasteiger partial charge in [0, 0.05) is 44.4 Å². The smallest absolute Gasteiger partial charge is 0.270 e. The Kier molecular flexibility index (Phi) is 5.93. The Labute approximate surface area is 153 Å². The first-order valence-corrected chi connectivity index (χ1v) is 8.60. The lowest BCUT2D eigenvalue weighted by Gasteiger charge is -2.19. The zero-order valence-corrected chi connectivity index (χ0v) is 14.8. The molecule has 0 unspecified atom stereocenters. The van der Waals surface area contributed by atoms with Crippen molar-refractivity contribution in [2.75, 3.05) is 18.5 Å². The average Bonchev–Trinajstić information content (AvgIpc) is 2.72. The van der Waals surface area contributed by atoms with E-state index in [1.807, 2.05) is 61.6 Å². The van der Waals surface area contributed by atoms with E-state index in [2.05, 4.69) is 20.2 Å². The summed E-state index contributed by atoms with van der Waals surface area (Å²) < 4.78 is 0. The number of aromatic nitrogens is 2. The summed E-state index contributed by atoms with van der Waals surface area (Å²) in [6.07, 6.45) is 6.19. The number of pyridine rings is 2. The number of hydrogen-bond acceptors (Lipinski definition) is 4. The van der Waals surface area contributed by atoms with Crippen LogP contribution in [0.4, 0.5) is 5.69 Å². The van der Waals surface area contributed by atoms with Crippen molar-refractivity contribution >= 4 is 11.6 Å². The molecule has 1 N–H and O–H groups in total. The van der Waals surface area contributed by atoms with Gasteiger partial charge in [-0.3, -0.25) is 14.8 Å². The fourth-order valence-electron chi connectivity index (χ4n) is 2.63.